The predicted molar refractivity (Wildman–Crippen MR) is 120 cm³/mol. The Kier molecular flexibility index (Phi) is 5.69. The minimum atomic E-state index is -0.116. The summed E-state index contributed by atoms with van der Waals surface area (Å²) in [6.07, 6.45) is 1.80. The maximum Gasteiger partial charge on any atom is 0.251 e. The van der Waals surface area contributed by atoms with Crippen LogP contribution < -0.4 is 5.32 Å². The molecule has 4 aromatic rings. The zero-order valence-corrected chi connectivity index (χ0v) is 18.1. The van der Waals surface area contributed by atoms with Crippen LogP contribution in [0.15, 0.2) is 77.5 Å². The summed E-state index contributed by atoms with van der Waals surface area (Å²) < 4.78 is 3.07. The van der Waals surface area contributed by atoms with Gasteiger partial charge in [-0.05, 0) is 60.5 Å². The number of benzene rings is 3. The van der Waals surface area contributed by atoms with E-state index in [0.717, 1.165) is 31.7 Å². The fourth-order valence-electron chi connectivity index (χ4n) is 3.23. The van der Waals surface area contributed by atoms with Crippen molar-refractivity contribution in [3.05, 3.63) is 99.2 Å². The van der Waals surface area contributed by atoms with E-state index in [1.807, 2.05) is 73.7 Å². The molecular weight excluding hydrogens is 450 g/mol. The number of nitrogens with zero attached hydrogens (tertiary/aromatic N) is 2. The van der Waals surface area contributed by atoms with Crippen molar-refractivity contribution in [3.63, 3.8) is 0 Å². The Morgan fingerprint density at radius 2 is 1.83 bits per heavy atom. The first-order chi connectivity index (χ1) is 14.0. The predicted octanol–water partition coefficient (Wildman–Crippen LogP) is 5.99. The minimum absolute atomic E-state index is 0.0891. The van der Waals surface area contributed by atoms with Gasteiger partial charge in [-0.15, -0.1) is 0 Å². The summed E-state index contributed by atoms with van der Waals surface area (Å²) in [5.41, 5.74) is 4.56. The number of hydrogen-bond acceptors (Lipinski definition) is 2. The molecule has 29 heavy (non-hydrogen) atoms. The van der Waals surface area contributed by atoms with E-state index in [4.69, 9.17) is 11.6 Å². The number of carbonyl (C=O) groups excluding carboxylic acids is 1. The third-order valence-corrected chi connectivity index (χ3v) is 5.65. The second-order valence-corrected chi connectivity index (χ2v) is 8.30. The van der Waals surface area contributed by atoms with Gasteiger partial charge >= 0.3 is 0 Å². The van der Waals surface area contributed by atoms with Gasteiger partial charge in [0.1, 0.15) is 0 Å². The second kappa shape index (κ2) is 8.39. The molecule has 0 spiro atoms. The number of hydrogen-bond donors (Lipinski definition) is 1. The highest BCUT2D eigenvalue weighted by molar-refractivity contribution is 9.10. The Bertz CT molecular complexity index is 1150. The standard InChI is InChI=1S/C23H19BrClN3O/c1-15(17-4-7-19(24)8-5-17)27-23(29)18-6-11-22-21(12-18)26-14-28(22)13-16-2-9-20(25)10-3-16/h2-12,14-15H,13H2,1H3,(H,27,29)/t15-/m0/s1. The van der Waals surface area contributed by atoms with Gasteiger partial charge in [0.15, 0.2) is 0 Å². The molecule has 4 nitrogen and oxygen atoms in total. The summed E-state index contributed by atoms with van der Waals surface area (Å²) in [6.45, 7) is 2.67. The molecule has 0 bridgehead atoms. The fraction of sp³-hybridized carbons (Fsp3) is 0.130. The molecule has 0 radical (unpaired) electrons. The Balaban J connectivity index is 1.50. The second-order valence-electron chi connectivity index (χ2n) is 6.95. The van der Waals surface area contributed by atoms with Gasteiger partial charge in [-0.2, -0.15) is 0 Å². The van der Waals surface area contributed by atoms with Crippen LogP contribution in [0.25, 0.3) is 11.0 Å². The molecule has 1 N–H and O–H groups in total. The smallest absolute Gasteiger partial charge is 0.251 e. The number of rotatable bonds is 5. The van der Waals surface area contributed by atoms with Crippen LogP contribution in [0, 0.1) is 0 Å². The molecule has 3 aromatic carbocycles. The highest BCUT2D eigenvalue weighted by Gasteiger charge is 2.13. The zero-order valence-electron chi connectivity index (χ0n) is 15.8. The van der Waals surface area contributed by atoms with Gasteiger partial charge in [-0.1, -0.05) is 51.8 Å². The van der Waals surface area contributed by atoms with Gasteiger partial charge in [-0.25, -0.2) is 4.98 Å². The number of aromatic nitrogens is 2. The Hall–Kier alpha value is -2.63. The first kappa shape index (κ1) is 19.7. The molecule has 6 heteroatoms. The lowest BCUT2D eigenvalue weighted by Gasteiger charge is -2.14. The molecular formula is C23H19BrClN3O. The molecule has 0 aliphatic rings. The van der Waals surface area contributed by atoms with Crippen LogP contribution in [0.4, 0.5) is 0 Å². The van der Waals surface area contributed by atoms with Crippen molar-refractivity contribution < 1.29 is 4.79 Å². The maximum atomic E-state index is 12.7. The average molecular weight is 469 g/mol. The van der Waals surface area contributed by atoms with Crippen molar-refractivity contribution in [3.8, 4) is 0 Å². The molecule has 1 aromatic heterocycles. The third-order valence-electron chi connectivity index (χ3n) is 4.87. The van der Waals surface area contributed by atoms with Crippen LogP contribution >= 0.6 is 27.5 Å². The van der Waals surface area contributed by atoms with Gasteiger partial charge in [0, 0.05) is 21.6 Å². The molecule has 0 aliphatic heterocycles. The lowest BCUT2D eigenvalue weighted by molar-refractivity contribution is 0.0940. The molecule has 1 atom stereocenters. The lowest BCUT2D eigenvalue weighted by Crippen LogP contribution is -2.26. The summed E-state index contributed by atoms with van der Waals surface area (Å²) in [5.74, 6) is -0.116. The number of nitrogens with one attached hydrogen (secondary N) is 1. The van der Waals surface area contributed by atoms with Gasteiger partial charge in [0.05, 0.1) is 23.4 Å². The van der Waals surface area contributed by atoms with Gasteiger partial charge < -0.3 is 9.88 Å². The molecule has 0 fully saturated rings. The topological polar surface area (TPSA) is 46.9 Å². The number of halogens is 2. The highest BCUT2D eigenvalue weighted by atomic mass is 79.9. The average Bonchev–Trinajstić information content (AvgIpc) is 3.12. The van der Waals surface area contributed by atoms with E-state index < -0.39 is 0 Å². The maximum absolute atomic E-state index is 12.7. The van der Waals surface area contributed by atoms with E-state index in [1.165, 1.54) is 0 Å². The van der Waals surface area contributed by atoms with Gasteiger partial charge in [0.25, 0.3) is 5.91 Å². The van der Waals surface area contributed by atoms with E-state index in [-0.39, 0.29) is 11.9 Å². The lowest BCUT2D eigenvalue weighted by atomic mass is 10.1. The van der Waals surface area contributed by atoms with E-state index in [9.17, 15) is 4.79 Å². The van der Waals surface area contributed by atoms with Gasteiger partial charge in [0.2, 0.25) is 0 Å². The summed E-state index contributed by atoms with van der Waals surface area (Å²) in [5, 5.41) is 3.77. The molecule has 1 heterocycles. The first-order valence-corrected chi connectivity index (χ1v) is 10.4. The number of fused-ring (bicyclic) bond motifs is 1. The van der Waals surface area contributed by atoms with Crippen LogP contribution in [0.1, 0.15) is 34.5 Å². The van der Waals surface area contributed by atoms with Crippen molar-refractivity contribution in [1.82, 2.24) is 14.9 Å². The molecule has 0 unspecified atom stereocenters. The quantitative estimate of drug-likeness (QED) is 0.391. The van der Waals surface area contributed by atoms with Crippen LogP contribution in [-0.2, 0) is 6.54 Å². The van der Waals surface area contributed by atoms with Gasteiger partial charge in [-0.3, -0.25) is 4.79 Å². The zero-order chi connectivity index (χ0) is 20.4. The van der Waals surface area contributed by atoms with Crippen LogP contribution in [-0.4, -0.2) is 15.5 Å². The number of amides is 1. The Morgan fingerprint density at radius 1 is 1.10 bits per heavy atom. The van der Waals surface area contributed by atoms with Crippen molar-refractivity contribution in [2.24, 2.45) is 0 Å². The molecule has 0 aliphatic carbocycles. The van der Waals surface area contributed by atoms with Crippen molar-refractivity contribution >= 4 is 44.5 Å². The van der Waals surface area contributed by atoms with E-state index >= 15 is 0 Å². The summed E-state index contributed by atoms with van der Waals surface area (Å²) in [4.78, 5) is 17.2. The first-order valence-electron chi connectivity index (χ1n) is 9.25. The summed E-state index contributed by atoms with van der Waals surface area (Å²) in [7, 11) is 0. The minimum Gasteiger partial charge on any atom is -0.346 e. The summed E-state index contributed by atoms with van der Waals surface area (Å²) in [6, 6.07) is 21.2. The molecule has 0 saturated carbocycles. The molecule has 146 valence electrons. The SMILES string of the molecule is C[C@H](NC(=O)c1ccc2c(c1)ncn2Cc1ccc(Cl)cc1)c1ccc(Br)cc1. The van der Waals surface area contributed by atoms with E-state index in [2.05, 4.69) is 30.8 Å². The van der Waals surface area contributed by atoms with Crippen molar-refractivity contribution in [1.29, 1.82) is 0 Å². The normalized spacial score (nSPS) is 12.1. The molecule has 4 rings (SSSR count). The highest BCUT2D eigenvalue weighted by Crippen LogP contribution is 2.20. The molecule has 1 amide bonds. The number of imidazole rings is 1. The van der Waals surface area contributed by atoms with Crippen LogP contribution in [0.5, 0.6) is 0 Å². The Morgan fingerprint density at radius 3 is 2.55 bits per heavy atom. The van der Waals surface area contributed by atoms with E-state index in [0.29, 0.717) is 12.1 Å². The van der Waals surface area contributed by atoms with Crippen LogP contribution in [0.2, 0.25) is 5.02 Å². The number of carbonyl (C=O) groups is 1. The van der Waals surface area contributed by atoms with Crippen LogP contribution in [0.3, 0.4) is 0 Å². The van der Waals surface area contributed by atoms with E-state index in [1.54, 1.807) is 6.33 Å². The Labute approximate surface area is 182 Å². The molecule has 0 saturated heterocycles. The largest absolute Gasteiger partial charge is 0.346 e. The fourth-order valence-corrected chi connectivity index (χ4v) is 3.62. The monoisotopic (exact) mass is 467 g/mol. The summed E-state index contributed by atoms with van der Waals surface area (Å²) >= 11 is 9.39. The van der Waals surface area contributed by atoms with Crippen molar-refractivity contribution in [2.75, 3.05) is 0 Å². The third kappa shape index (κ3) is 4.52. The van der Waals surface area contributed by atoms with Crippen molar-refractivity contribution in [2.45, 2.75) is 19.5 Å².